The zero-order valence-corrected chi connectivity index (χ0v) is 16.5. The van der Waals surface area contributed by atoms with Crippen molar-refractivity contribution in [3.63, 3.8) is 0 Å². The van der Waals surface area contributed by atoms with Crippen molar-refractivity contribution in [1.29, 1.82) is 0 Å². The molecule has 3 aromatic rings. The molecule has 9 heteroatoms. The van der Waals surface area contributed by atoms with Crippen LogP contribution in [0.1, 0.15) is 11.5 Å². The minimum absolute atomic E-state index is 0.101. The van der Waals surface area contributed by atoms with Gasteiger partial charge in [0.2, 0.25) is 21.7 Å². The summed E-state index contributed by atoms with van der Waals surface area (Å²) in [5.74, 6) is 1.14. The van der Waals surface area contributed by atoms with Gasteiger partial charge in [-0.1, -0.05) is 28.9 Å². The van der Waals surface area contributed by atoms with E-state index in [1.54, 1.807) is 6.07 Å². The highest BCUT2D eigenvalue weighted by atomic mass is 79.9. The van der Waals surface area contributed by atoms with Crippen molar-refractivity contribution < 1.29 is 17.7 Å². The smallest absolute Gasteiger partial charge is 0.242 e. The minimum Gasteiger partial charge on any atom is -0.496 e. The number of methoxy groups -OCH3 is 1. The van der Waals surface area contributed by atoms with E-state index in [2.05, 4.69) is 30.8 Å². The number of aromatic nitrogens is 2. The molecule has 0 amide bonds. The van der Waals surface area contributed by atoms with E-state index in [9.17, 15) is 8.42 Å². The van der Waals surface area contributed by atoms with Crippen LogP contribution >= 0.6 is 15.9 Å². The van der Waals surface area contributed by atoms with Crippen LogP contribution in [0, 0.1) is 6.92 Å². The fraction of sp³-hybridized carbons (Fsp3) is 0.176. The van der Waals surface area contributed by atoms with Crippen LogP contribution in [-0.2, 0) is 16.6 Å². The zero-order valence-electron chi connectivity index (χ0n) is 14.1. The third kappa shape index (κ3) is 4.12. The highest BCUT2D eigenvalue weighted by molar-refractivity contribution is 9.10. The molecule has 1 N–H and O–H groups in total. The van der Waals surface area contributed by atoms with E-state index in [4.69, 9.17) is 9.26 Å². The minimum atomic E-state index is -3.73. The summed E-state index contributed by atoms with van der Waals surface area (Å²) in [6, 6.07) is 12.1. The number of nitrogens with one attached hydrogen (secondary N) is 1. The van der Waals surface area contributed by atoms with Gasteiger partial charge in [-0.15, -0.1) is 0 Å². The second-order valence-corrected chi connectivity index (χ2v) is 8.12. The van der Waals surface area contributed by atoms with Gasteiger partial charge >= 0.3 is 0 Å². The van der Waals surface area contributed by atoms with Gasteiger partial charge in [-0.25, -0.2) is 13.1 Å². The number of nitrogens with zero attached hydrogens (tertiary/aromatic N) is 2. The Kier molecular flexibility index (Phi) is 5.40. The number of benzene rings is 2. The predicted molar refractivity (Wildman–Crippen MR) is 99.2 cm³/mol. The van der Waals surface area contributed by atoms with Gasteiger partial charge in [0.05, 0.1) is 23.0 Å². The fourth-order valence-corrected chi connectivity index (χ4v) is 3.97. The van der Waals surface area contributed by atoms with Crippen LogP contribution in [0.2, 0.25) is 0 Å². The first-order chi connectivity index (χ1) is 12.4. The Hall–Kier alpha value is -2.23. The third-order valence-electron chi connectivity index (χ3n) is 3.59. The molecule has 2 aromatic carbocycles. The topological polar surface area (TPSA) is 94.3 Å². The highest BCUT2D eigenvalue weighted by Crippen LogP contribution is 2.27. The maximum absolute atomic E-state index is 12.4. The van der Waals surface area contributed by atoms with Crippen molar-refractivity contribution in [2.45, 2.75) is 18.4 Å². The second kappa shape index (κ2) is 7.56. The predicted octanol–water partition coefficient (Wildman–Crippen LogP) is 3.29. The molecule has 0 aliphatic heterocycles. The van der Waals surface area contributed by atoms with Gasteiger partial charge in [-0.3, -0.25) is 0 Å². The molecule has 0 spiro atoms. The Morgan fingerprint density at radius 3 is 2.73 bits per heavy atom. The zero-order chi connectivity index (χ0) is 18.7. The highest BCUT2D eigenvalue weighted by Gasteiger charge is 2.18. The Morgan fingerprint density at radius 1 is 1.23 bits per heavy atom. The van der Waals surface area contributed by atoms with Crippen molar-refractivity contribution in [3.8, 4) is 17.1 Å². The Morgan fingerprint density at radius 2 is 2.04 bits per heavy atom. The van der Waals surface area contributed by atoms with Gasteiger partial charge < -0.3 is 9.26 Å². The Labute approximate surface area is 159 Å². The number of sulfonamides is 1. The van der Waals surface area contributed by atoms with Gasteiger partial charge in [0.25, 0.3) is 0 Å². The largest absolute Gasteiger partial charge is 0.496 e. The molecule has 7 nitrogen and oxygen atoms in total. The molecule has 3 rings (SSSR count). The molecular formula is C17H16BrN3O4S. The summed E-state index contributed by atoms with van der Waals surface area (Å²) < 4.78 is 38.1. The van der Waals surface area contributed by atoms with Crippen LogP contribution in [0.5, 0.6) is 5.75 Å². The molecule has 0 bridgehead atoms. The molecule has 0 unspecified atom stereocenters. The van der Waals surface area contributed by atoms with Crippen LogP contribution < -0.4 is 9.46 Å². The number of halogens is 1. The van der Waals surface area contributed by atoms with E-state index in [0.29, 0.717) is 16.0 Å². The molecule has 0 saturated carbocycles. The quantitative estimate of drug-likeness (QED) is 0.635. The van der Waals surface area contributed by atoms with Crippen molar-refractivity contribution in [3.05, 3.63) is 58.4 Å². The second-order valence-electron chi connectivity index (χ2n) is 5.50. The van der Waals surface area contributed by atoms with Crippen molar-refractivity contribution in [2.75, 3.05) is 7.11 Å². The summed E-state index contributed by atoms with van der Waals surface area (Å²) in [5.41, 5.74) is 1.88. The summed E-state index contributed by atoms with van der Waals surface area (Å²) in [4.78, 5) is 4.33. The third-order valence-corrected chi connectivity index (χ3v) is 5.61. The molecule has 136 valence electrons. The van der Waals surface area contributed by atoms with Crippen molar-refractivity contribution >= 4 is 26.0 Å². The molecule has 0 aliphatic carbocycles. The molecule has 1 heterocycles. The van der Waals surface area contributed by atoms with Gasteiger partial charge in [-0.2, -0.15) is 4.98 Å². The lowest BCUT2D eigenvalue weighted by Gasteiger charge is -2.07. The van der Waals surface area contributed by atoms with E-state index in [-0.39, 0.29) is 17.3 Å². The van der Waals surface area contributed by atoms with E-state index in [1.165, 1.54) is 19.2 Å². The summed E-state index contributed by atoms with van der Waals surface area (Å²) >= 11 is 3.27. The summed E-state index contributed by atoms with van der Waals surface area (Å²) in [7, 11) is -2.22. The summed E-state index contributed by atoms with van der Waals surface area (Å²) in [6.45, 7) is 1.86. The van der Waals surface area contributed by atoms with E-state index >= 15 is 0 Å². The van der Waals surface area contributed by atoms with Crippen LogP contribution in [0.25, 0.3) is 11.4 Å². The molecule has 0 atom stereocenters. The molecule has 0 aliphatic rings. The number of rotatable bonds is 6. The first kappa shape index (κ1) is 18.6. The van der Waals surface area contributed by atoms with Crippen LogP contribution in [0.15, 0.2) is 56.4 Å². The first-order valence-corrected chi connectivity index (χ1v) is 9.89. The monoisotopic (exact) mass is 437 g/mol. The number of hydrogen-bond donors (Lipinski definition) is 1. The van der Waals surface area contributed by atoms with Crippen LogP contribution in [0.3, 0.4) is 0 Å². The Balaban J connectivity index is 1.73. The number of ether oxygens (including phenoxy) is 1. The van der Waals surface area contributed by atoms with Crippen molar-refractivity contribution in [1.82, 2.24) is 14.9 Å². The average molecular weight is 438 g/mol. The lowest BCUT2D eigenvalue weighted by atomic mass is 10.1. The van der Waals surface area contributed by atoms with Gasteiger partial charge in [0, 0.05) is 5.56 Å². The van der Waals surface area contributed by atoms with E-state index in [0.717, 1.165) is 11.1 Å². The number of hydrogen-bond acceptors (Lipinski definition) is 6. The summed E-state index contributed by atoms with van der Waals surface area (Å²) in [5, 5.41) is 3.89. The molecule has 0 saturated heterocycles. The molecule has 26 heavy (non-hydrogen) atoms. The van der Waals surface area contributed by atoms with Gasteiger partial charge in [0.15, 0.2) is 0 Å². The first-order valence-electron chi connectivity index (χ1n) is 7.62. The average Bonchev–Trinajstić information content (AvgIpc) is 3.09. The van der Waals surface area contributed by atoms with E-state index < -0.39 is 10.0 Å². The van der Waals surface area contributed by atoms with Crippen LogP contribution in [0.4, 0.5) is 0 Å². The summed E-state index contributed by atoms with van der Waals surface area (Å²) in [6.07, 6.45) is 0. The number of aryl methyl sites for hydroxylation is 1. The SMILES string of the molecule is COc1ccc(S(=O)(=O)NCc2nc(-c3cccc(C)c3)no2)cc1Br. The van der Waals surface area contributed by atoms with Crippen molar-refractivity contribution in [2.24, 2.45) is 0 Å². The Bertz CT molecular complexity index is 1030. The van der Waals surface area contributed by atoms with E-state index in [1.807, 2.05) is 31.2 Å². The standard InChI is InChI=1S/C17H16BrN3O4S/c1-11-4-3-5-12(8-11)17-20-16(25-21-17)10-19-26(22,23)13-6-7-15(24-2)14(18)9-13/h3-9,19H,10H2,1-2H3. The normalized spacial score (nSPS) is 11.5. The molecule has 1 aromatic heterocycles. The molecular weight excluding hydrogens is 422 g/mol. The molecule has 0 radical (unpaired) electrons. The van der Waals surface area contributed by atoms with Gasteiger partial charge in [-0.05, 0) is 47.1 Å². The maximum Gasteiger partial charge on any atom is 0.242 e. The lowest BCUT2D eigenvalue weighted by Crippen LogP contribution is -2.23. The fourth-order valence-electron chi connectivity index (χ4n) is 2.28. The van der Waals surface area contributed by atoms with Gasteiger partial charge in [0.1, 0.15) is 5.75 Å². The lowest BCUT2D eigenvalue weighted by molar-refractivity contribution is 0.376. The maximum atomic E-state index is 12.4. The van der Waals surface area contributed by atoms with Crippen LogP contribution in [-0.4, -0.2) is 25.7 Å². The molecule has 0 fully saturated rings.